The Labute approximate surface area is 126 Å². The zero-order chi connectivity index (χ0) is 14.5. The van der Waals surface area contributed by atoms with E-state index in [2.05, 4.69) is 25.6 Å². The number of nitrogens with zero attached hydrogens (tertiary/aromatic N) is 3. The van der Waals surface area contributed by atoms with Crippen molar-refractivity contribution in [2.75, 3.05) is 24.3 Å². The van der Waals surface area contributed by atoms with E-state index in [1.807, 2.05) is 6.92 Å². The maximum atomic E-state index is 6.11. The van der Waals surface area contributed by atoms with Gasteiger partial charge in [0.15, 0.2) is 0 Å². The fraction of sp³-hybridized carbons (Fsp3) is 0.250. The molecule has 0 aliphatic heterocycles. The molecule has 6 nitrogen and oxygen atoms in total. The van der Waals surface area contributed by atoms with E-state index < -0.39 is 0 Å². The molecule has 1 aromatic heterocycles. The smallest absolute Gasteiger partial charge is 0.323 e. The van der Waals surface area contributed by atoms with Gasteiger partial charge in [0.1, 0.15) is 0 Å². The Hall–Kier alpha value is -1.79. The molecule has 106 valence electrons. The average Bonchev–Trinajstić information content (AvgIpc) is 2.44. The Morgan fingerprint density at radius 2 is 1.90 bits per heavy atom. The number of nitrogens with one attached hydrogen (secondary N) is 2. The van der Waals surface area contributed by atoms with E-state index in [0.29, 0.717) is 34.2 Å². The molecule has 0 saturated carbocycles. The number of hydrogen-bond donors (Lipinski definition) is 2. The predicted molar refractivity (Wildman–Crippen MR) is 80.3 cm³/mol. The monoisotopic (exact) mass is 313 g/mol. The van der Waals surface area contributed by atoms with Gasteiger partial charge in [-0.1, -0.05) is 29.3 Å². The van der Waals surface area contributed by atoms with Crippen molar-refractivity contribution >= 4 is 40.8 Å². The second-order valence-electron chi connectivity index (χ2n) is 3.67. The highest BCUT2D eigenvalue weighted by atomic mass is 35.5. The van der Waals surface area contributed by atoms with Crippen LogP contribution in [-0.2, 0) is 0 Å². The van der Waals surface area contributed by atoms with E-state index in [-0.39, 0.29) is 6.01 Å². The third kappa shape index (κ3) is 3.40. The van der Waals surface area contributed by atoms with Crippen LogP contribution in [0.5, 0.6) is 6.01 Å². The van der Waals surface area contributed by atoms with Crippen molar-refractivity contribution in [1.82, 2.24) is 15.0 Å². The van der Waals surface area contributed by atoms with Crippen LogP contribution in [0.1, 0.15) is 6.92 Å². The molecule has 0 amide bonds. The number of benzene rings is 1. The van der Waals surface area contributed by atoms with Gasteiger partial charge < -0.3 is 15.4 Å². The third-order valence-corrected chi connectivity index (χ3v) is 3.13. The summed E-state index contributed by atoms with van der Waals surface area (Å²) in [4.78, 5) is 12.4. The summed E-state index contributed by atoms with van der Waals surface area (Å²) in [5, 5.41) is 6.67. The minimum Gasteiger partial charge on any atom is -0.464 e. The molecule has 2 rings (SSSR count). The minimum absolute atomic E-state index is 0.229. The standard InChI is InChI=1S/C12H13Cl2N5O/c1-3-20-12-18-10(15-2)17-11(19-12)16-8-6-4-5-7(13)9(8)14/h4-6H,3H2,1-2H3,(H2,15,16,17,18,19). The van der Waals surface area contributed by atoms with E-state index in [0.717, 1.165) is 0 Å². The van der Waals surface area contributed by atoms with Crippen LogP contribution < -0.4 is 15.4 Å². The molecule has 0 spiro atoms. The number of ether oxygens (including phenoxy) is 1. The first-order chi connectivity index (χ1) is 9.63. The fourth-order valence-corrected chi connectivity index (χ4v) is 1.79. The molecule has 0 aliphatic carbocycles. The van der Waals surface area contributed by atoms with Crippen molar-refractivity contribution in [2.24, 2.45) is 0 Å². The predicted octanol–water partition coefficient (Wildman–Crippen LogP) is 3.36. The fourth-order valence-electron chi connectivity index (χ4n) is 1.44. The lowest BCUT2D eigenvalue weighted by Gasteiger charge is -2.10. The second kappa shape index (κ2) is 6.58. The number of anilines is 3. The van der Waals surface area contributed by atoms with Crippen molar-refractivity contribution in [2.45, 2.75) is 6.92 Å². The molecule has 0 fully saturated rings. The van der Waals surface area contributed by atoms with Crippen LogP contribution in [-0.4, -0.2) is 28.6 Å². The van der Waals surface area contributed by atoms with Crippen molar-refractivity contribution in [3.8, 4) is 6.01 Å². The van der Waals surface area contributed by atoms with E-state index >= 15 is 0 Å². The quantitative estimate of drug-likeness (QED) is 0.882. The summed E-state index contributed by atoms with van der Waals surface area (Å²) >= 11 is 12.1. The molecule has 1 heterocycles. The average molecular weight is 314 g/mol. The van der Waals surface area contributed by atoms with Gasteiger partial charge in [0.2, 0.25) is 11.9 Å². The van der Waals surface area contributed by atoms with Gasteiger partial charge in [-0.15, -0.1) is 0 Å². The van der Waals surface area contributed by atoms with Crippen LogP contribution in [0.2, 0.25) is 10.0 Å². The van der Waals surface area contributed by atoms with Crippen LogP contribution >= 0.6 is 23.2 Å². The van der Waals surface area contributed by atoms with Crippen LogP contribution in [0.3, 0.4) is 0 Å². The summed E-state index contributed by atoms with van der Waals surface area (Å²) in [6, 6.07) is 5.48. The topological polar surface area (TPSA) is 72.0 Å². The normalized spacial score (nSPS) is 10.2. The number of aromatic nitrogens is 3. The first-order valence-corrected chi connectivity index (χ1v) is 6.67. The molecular formula is C12H13Cl2N5O. The Balaban J connectivity index is 2.32. The summed E-state index contributed by atoms with van der Waals surface area (Å²) in [6.45, 7) is 2.31. The molecule has 0 saturated heterocycles. The van der Waals surface area contributed by atoms with Crippen LogP contribution in [0.15, 0.2) is 18.2 Å². The number of hydrogen-bond acceptors (Lipinski definition) is 6. The molecule has 0 radical (unpaired) electrons. The molecule has 2 N–H and O–H groups in total. The molecule has 1 aromatic carbocycles. The Bertz CT molecular complexity index is 608. The molecule has 0 aliphatic rings. The van der Waals surface area contributed by atoms with Gasteiger partial charge in [-0.25, -0.2) is 0 Å². The summed E-state index contributed by atoms with van der Waals surface area (Å²) in [6.07, 6.45) is 0. The maximum Gasteiger partial charge on any atom is 0.323 e. The molecule has 0 atom stereocenters. The zero-order valence-corrected chi connectivity index (χ0v) is 12.5. The van der Waals surface area contributed by atoms with Gasteiger partial charge in [-0.3, -0.25) is 0 Å². The van der Waals surface area contributed by atoms with Gasteiger partial charge in [-0.2, -0.15) is 15.0 Å². The largest absolute Gasteiger partial charge is 0.464 e. The van der Waals surface area contributed by atoms with E-state index in [9.17, 15) is 0 Å². The Morgan fingerprint density at radius 3 is 2.60 bits per heavy atom. The van der Waals surface area contributed by atoms with Gasteiger partial charge in [-0.05, 0) is 19.1 Å². The van der Waals surface area contributed by atoms with Gasteiger partial charge >= 0.3 is 6.01 Å². The van der Waals surface area contributed by atoms with Gasteiger partial charge in [0, 0.05) is 7.05 Å². The van der Waals surface area contributed by atoms with Crippen LogP contribution in [0.4, 0.5) is 17.6 Å². The molecule has 20 heavy (non-hydrogen) atoms. The molecule has 0 bridgehead atoms. The summed E-state index contributed by atoms with van der Waals surface area (Å²) in [7, 11) is 1.71. The van der Waals surface area contributed by atoms with Crippen molar-refractivity contribution in [3.63, 3.8) is 0 Å². The van der Waals surface area contributed by atoms with Gasteiger partial charge in [0.25, 0.3) is 0 Å². The molecular weight excluding hydrogens is 301 g/mol. The highest BCUT2D eigenvalue weighted by Gasteiger charge is 2.09. The first kappa shape index (κ1) is 14.6. The molecule has 0 unspecified atom stereocenters. The number of halogens is 2. The van der Waals surface area contributed by atoms with Crippen molar-refractivity contribution in [3.05, 3.63) is 28.2 Å². The van der Waals surface area contributed by atoms with Crippen molar-refractivity contribution < 1.29 is 4.74 Å². The molecule has 2 aromatic rings. The lowest BCUT2D eigenvalue weighted by atomic mass is 10.3. The highest BCUT2D eigenvalue weighted by Crippen LogP contribution is 2.31. The van der Waals surface area contributed by atoms with Crippen LogP contribution in [0, 0.1) is 0 Å². The van der Waals surface area contributed by atoms with E-state index in [1.165, 1.54) is 0 Å². The zero-order valence-electron chi connectivity index (χ0n) is 10.9. The van der Waals surface area contributed by atoms with Crippen molar-refractivity contribution in [1.29, 1.82) is 0 Å². The Morgan fingerprint density at radius 1 is 1.15 bits per heavy atom. The summed E-state index contributed by atoms with van der Waals surface area (Å²) in [5.74, 6) is 0.709. The maximum absolute atomic E-state index is 6.11. The van der Waals surface area contributed by atoms with Gasteiger partial charge in [0.05, 0.1) is 22.3 Å². The highest BCUT2D eigenvalue weighted by molar-refractivity contribution is 6.43. The Kier molecular flexibility index (Phi) is 4.81. The van der Waals surface area contributed by atoms with E-state index in [1.54, 1.807) is 25.2 Å². The molecule has 8 heteroatoms. The van der Waals surface area contributed by atoms with E-state index in [4.69, 9.17) is 27.9 Å². The summed E-state index contributed by atoms with van der Waals surface area (Å²) in [5.41, 5.74) is 0.606. The minimum atomic E-state index is 0.229. The third-order valence-electron chi connectivity index (χ3n) is 2.31. The first-order valence-electron chi connectivity index (χ1n) is 5.91. The second-order valence-corrected chi connectivity index (χ2v) is 4.46. The SMILES string of the molecule is CCOc1nc(NC)nc(Nc2cccc(Cl)c2Cl)n1. The lowest BCUT2D eigenvalue weighted by Crippen LogP contribution is -2.07. The number of rotatable bonds is 5. The summed E-state index contributed by atoms with van der Waals surface area (Å²) < 4.78 is 5.28. The lowest BCUT2D eigenvalue weighted by molar-refractivity contribution is 0.312. The van der Waals surface area contributed by atoms with Crippen LogP contribution in [0.25, 0.3) is 0 Å².